The van der Waals surface area contributed by atoms with E-state index in [9.17, 15) is 0 Å². The highest BCUT2D eigenvalue weighted by atomic mass is 79.9. The minimum absolute atomic E-state index is 0.288. The Morgan fingerprint density at radius 2 is 2.00 bits per heavy atom. The minimum atomic E-state index is 0.288. The normalized spacial score (nSPS) is 12.3. The Bertz CT molecular complexity index is 327. The molecule has 0 heterocycles. The molecule has 0 bridgehead atoms. The average Bonchev–Trinajstić information content (AvgIpc) is 2.15. The van der Waals surface area contributed by atoms with Crippen molar-refractivity contribution in [2.45, 2.75) is 19.9 Å². The molecule has 0 aliphatic heterocycles. The van der Waals surface area contributed by atoms with Gasteiger partial charge in [0.25, 0.3) is 0 Å². The summed E-state index contributed by atoms with van der Waals surface area (Å²) in [5.74, 6) is 0. The average molecular weight is 254 g/mol. The van der Waals surface area contributed by atoms with E-state index in [0.29, 0.717) is 0 Å². The first kappa shape index (κ1) is 11.5. The van der Waals surface area contributed by atoms with Gasteiger partial charge in [0, 0.05) is 4.47 Å². The number of allylic oxidation sites excluding steroid dienone is 1. The van der Waals surface area contributed by atoms with Gasteiger partial charge in [0.2, 0.25) is 0 Å². The maximum absolute atomic E-state index is 3.56. The van der Waals surface area contributed by atoms with Gasteiger partial charge in [-0.1, -0.05) is 45.8 Å². The largest absolute Gasteiger partial charge is 0.310 e. The van der Waals surface area contributed by atoms with Crippen molar-refractivity contribution >= 4 is 15.9 Å². The quantitative estimate of drug-likeness (QED) is 0.811. The smallest absolute Gasteiger partial charge is 0.0517 e. The van der Waals surface area contributed by atoms with E-state index in [2.05, 4.69) is 59.4 Å². The van der Waals surface area contributed by atoms with Crippen LogP contribution >= 0.6 is 15.9 Å². The van der Waals surface area contributed by atoms with E-state index >= 15 is 0 Å². The Kier molecular flexibility index (Phi) is 4.36. The number of rotatable bonds is 3. The van der Waals surface area contributed by atoms with Gasteiger partial charge in [0.1, 0.15) is 0 Å². The van der Waals surface area contributed by atoms with Gasteiger partial charge >= 0.3 is 0 Å². The lowest BCUT2D eigenvalue weighted by atomic mass is 10.1. The van der Waals surface area contributed by atoms with Crippen LogP contribution in [-0.2, 0) is 0 Å². The molecule has 1 unspecified atom stereocenters. The van der Waals surface area contributed by atoms with Crippen molar-refractivity contribution in [1.82, 2.24) is 5.32 Å². The molecule has 1 N–H and O–H groups in total. The van der Waals surface area contributed by atoms with Crippen LogP contribution in [0.1, 0.15) is 25.5 Å². The fourth-order valence-corrected chi connectivity index (χ4v) is 1.92. The van der Waals surface area contributed by atoms with Crippen LogP contribution in [-0.4, -0.2) is 7.05 Å². The Hall–Kier alpha value is -0.600. The van der Waals surface area contributed by atoms with Crippen molar-refractivity contribution in [2.24, 2.45) is 0 Å². The van der Waals surface area contributed by atoms with Gasteiger partial charge in [-0.05, 0) is 32.5 Å². The zero-order valence-corrected chi connectivity index (χ0v) is 10.4. The van der Waals surface area contributed by atoms with Gasteiger partial charge in [-0.25, -0.2) is 0 Å². The van der Waals surface area contributed by atoms with Crippen molar-refractivity contribution < 1.29 is 0 Å². The van der Waals surface area contributed by atoms with E-state index < -0.39 is 0 Å². The molecular formula is C12H16BrN. The van der Waals surface area contributed by atoms with Crippen LogP contribution in [0.5, 0.6) is 0 Å². The summed E-state index contributed by atoms with van der Waals surface area (Å²) in [6.07, 6.45) is 2.22. The first-order valence-electron chi connectivity index (χ1n) is 4.72. The molecular weight excluding hydrogens is 238 g/mol. The molecule has 0 saturated carbocycles. The first-order chi connectivity index (χ1) is 6.65. The second-order valence-electron chi connectivity index (χ2n) is 3.53. The van der Waals surface area contributed by atoms with Gasteiger partial charge in [-0.3, -0.25) is 0 Å². The predicted octanol–water partition coefficient (Wildman–Crippen LogP) is 3.68. The maximum atomic E-state index is 3.56. The Morgan fingerprint density at radius 3 is 2.50 bits per heavy atom. The van der Waals surface area contributed by atoms with Crippen LogP contribution < -0.4 is 5.32 Å². The van der Waals surface area contributed by atoms with Crippen LogP contribution in [0, 0.1) is 0 Å². The van der Waals surface area contributed by atoms with E-state index in [1.54, 1.807) is 0 Å². The van der Waals surface area contributed by atoms with Gasteiger partial charge in [0.05, 0.1) is 6.04 Å². The van der Waals surface area contributed by atoms with E-state index in [1.807, 2.05) is 13.1 Å². The third-order valence-electron chi connectivity index (χ3n) is 2.05. The molecule has 0 fully saturated rings. The lowest BCUT2D eigenvalue weighted by Gasteiger charge is -2.14. The molecule has 0 aliphatic rings. The summed E-state index contributed by atoms with van der Waals surface area (Å²) in [5.41, 5.74) is 2.59. The monoisotopic (exact) mass is 253 g/mol. The molecule has 76 valence electrons. The topological polar surface area (TPSA) is 12.0 Å². The fraction of sp³-hybridized carbons (Fsp3) is 0.333. The molecule has 1 atom stereocenters. The summed E-state index contributed by atoms with van der Waals surface area (Å²) in [6.45, 7) is 4.22. The Balaban J connectivity index is 3.01. The molecule has 0 aliphatic carbocycles. The van der Waals surface area contributed by atoms with Gasteiger partial charge in [-0.15, -0.1) is 0 Å². The summed E-state index contributed by atoms with van der Waals surface area (Å²) < 4.78 is 1.15. The molecule has 0 aromatic heterocycles. The summed E-state index contributed by atoms with van der Waals surface area (Å²) >= 11 is 3.56. The molecule has 0 saturated heterocycles. The molecule has 0 amide bonds. The zero-order chi connectivity index (χ0) is 10.6. The summed E-state index contributed by atoms with van der Waals surface area (Å²) in [5, 5.41) is 3.28. The van der Waals surface area contributed by atoms with Gasteiger partial charge < -0.3 is 5.32 Å². The van der Waals surface area contributed by atoms with Gasteiger partial charge in [0.15, 0.2) is 0 Å². The Morgan fingerprint density at radius 1 is 1.36 bits per heavy atom. The van der Waals surface area contributed by atoms with Crippen LogP contribution in [0.2, 0.25) is 0 Å². The summed E-state index contributed by atoms with van der Waals surface area (Å²) in [4.78, 5) is 0. The van der Waals surface area contributed by atoms with Crippen LogP contribution in [0.4, 0.5) is 0 Å². The van der Waals surface area contributed by atoms with E-state index in [-0.39, 0.29) is 6.04 Å². The molecule has 14 heavy (non-hydrogen) atoms. The van der Waals surface area contributed by atoms with Crippen molar-refractivity contribution in [1.29, 1.82) is 0 Å². The van der Waals surface area contributed by atoms with Crippen LogP contribution in [0.3, 0.4) is 0 Å². The molecule has 1 nitrogen and oxygen atoms in total. The number of halogens is 1. The van der Waals surface area contributed by atoms with Crippen molar-refractivity contribution in [3.05, 3.63) is 46.0 Å². The highest BCUT2D eigenvalue weighted by molar-refractivity contribution is 9.10. The van der Waals surface area contributed by atoms with Crippen LogP contribution in [0.15, 0.2) is 40.4 Å². The lowest BCUT2D eigenvalue weighted by molar-refractivity contribution is 0.707. The van der Waals surface area contributed by atoms with Crippen molar-refractivity contribution in [3.8, 4) is 0 Å². The predicted molar refractivity (Wildman–Crippen MR) is 65.4 cm³/mol. The van der Waals surface area contributed by atoms with E-state index in [0.717, 1.165) is 4.47 Å². The Labute approximate surface area is 94.3 Å². The second-order valence-corrected chi connectivity index (χ2v) is 4.39. The standard InChI is InChI=1S/C12H16BrN/c1-9(2)8-12(14-3)10-6-4-5-7-11(10)13/h4-8,12,14H,1-3H3. The second kappa shape index (κ2) is 5.32. The third-order valence-corrected chi connectivity index (χ3v) is 2.77. The third kappa shape index (κ3) is 2.96. The number of likely N-dealkylation sites (N-methyl/N-ethyl adjacent to an activating group) is 1. The summed E-state index contributed by atoms with van der Waals surface area (Å²) in [7, 11) is 1.98. The molecule has 1 rings (SSSR count). The molecule has 0 radical (unpaired) electrons. The molecule has 1 aromatic carbocycles. The highest BCUT2D eigenvalue weighted by Gasteiger charge is 2.08. The van der Waals surface area contributed by atoms with Crippen LogP contribution in [0.25, 0.3) is 0 Å². The first-order valence-corrected chi connectivity index (χ1v) is 5.51. The summed E-state index contributed by atoms with van der Waals surface area (Å²) in [6, 6.07) is 8.57. The van der Waals surface area contributed by atoms with Crippen molar-refractivity contribution in [2.75, 3.05) is 7.05 Å². The number of hydrogen-bond acceptors (Lipinski definition) is 1. The molecule has 0 spiro atoms. The van der Waals surface area contributed by atoms with E-state index in [4.69, 9.17) is 0 Å². The van der Waals surface area contributed by atoms with E-state index in [1.165, 1.54) is 11.1 Å². The molecule has 2 heteroatoms. The number of benzene rings is 1. The number of hydrogen-bond donors (Lipinski definition) is 1. The molecule has 1 aromatic rings. The zero-order valence-electron chi connectivity index (χ0n) is 8.84. The SMILES string of the molecule is CNC(C=C(C)C)c1ccccc1Br. The highest BCUT2D eigenvalue weighted by Crippen LogP contribution is 2.24. The lowest BCUT2D eigenvalue weighted by Crippen LogP contribution is -2.14. The number of nitrogens with one attached hydrogen (secondary N) is 1. The van der Waals surface area contributed by atoms with Crippen molar-refractivity contribution in [3.63, 3.8) is 0 Å². The maximum Gasteiger partial charge on any atom is 0.0517 e. The van der Waals surface area contributed by atoms with Gasteiger partial charge in [-0.2, -0.15) is 0 Å². The minimum Gasteiger partial charge on any atom is -0.310 e. The fourth-order valence-electron chi connectivity index (χ4n) is 1.39.